The quantitative estimate of drug-likeness (QED) is 0.728. The molecular formula is C20H17N3O2S. The SMILES string of the molecule is CN(C)C(=O)c1ccc(C#CCNC(=O)c2ccc3ncsc3c2)cc1. The lowest BCUT2D eigenvalue weighted by Gasteiger charge is -2.09. The summed E-state index contributed by atoms with van der Waals surface area (Å²) in [5.74, 6) is 5.68. The van der Waals surface area contributed by atoms with Gasteiger partial charge in [-0.25, -0.2) is 4.98 Å². The Balaban J connectivity index is 1.58. The highest BCUT2D eigenvalue weighted by molar-refractivity contribution is 7.16. The molecule has 5 nitrogen and oxygen atoms in total. The third kappa shape index (κ3) is 4.08. The normalized spacial score (nSPS) is 10.1. The molecule has 0 saturated heterocycles. The summed E-state index contributed by atoms with van der Waals surface area (Å²) in [7, 11) is 3.43. The maximum absolute atomic E-state index is 12.2. The molecule has 2 amide bonds. The fourth-order valence-corrected chi connectivity index (χ4v) is 3.04. The van der Waals surface area contributed by atoms with Crippen LogP contribution >= 0.6 is 11.3 Å². The third-order valence-corrected chi connectivity index (χ3v) is 4.49. The van der Waals surface area contributed by atoms with E-state index in [1.807, 2.05) is 12.1 Å². The Morgan fingerprint density at radius 2 is 1.85 bits per heavy atom. The van der Waals surface area contributed by atoms with E-state index in [1.165, 1.54) is 16.2 Å². The Morgan fingerprint density at radius 3 is 2.58 bits per heavy atom. The van der Waals surface area contributed by atoms with Crippen LogP contribution in [0.4, 0.5) is 0 Å². The molecule has 130 valence electrons. The van der Waals surface area contributed by atoms with E-state index in [4.69, 9.17) is 0 Å². The largest absolute Gasteiger partial charge is 0.345 e. The highest BCUT2D eigenvalue weighted by Crippen LogP contribution is 2.18. The minimum Gasteiger partial charge on any atom is -0.345 e. The van der Waals surface area contributed by atoms with Gasteiger partial charge in [0.25, 0.3) is 11.8 Å². The highest BCUT2D eigenvalue weighted by atomic mass is 32.1. The van der Waals surface area contributed by atoms with Crippen molar-refractivity contribution < 1.29 is 9.59 Å². The molecule has 0 bridgehead atoms. The predicted molar refractivity (Wildman–Crippen MR) is 103 cm³/mol. The van der Waals surface area contributed by atoms with E-state index in [-0.39, 0.29) is 18.4 Å². The number of nitrogens with one attached hydrogen (secondary N) is 1. The minimum atomic E-state index is -0.165. The van der Waals surface area contributed by atoms with Gasteiger partial charge in [0.2, 0.25) is 0 Å². The van der Waals surface area contributed by atoms with Crippen LogP contribution in [-0.2, 0) is 0 Å². The molecule has 0 fully saturated rings. The molecule has 0 spiro atoms. The van der Waals surface area contributed by atoms with Crippen LogP contribution < -0.4 is 5.32 Å². The van der Waals surface area contributed by atoms with Crippen molar-refractivity contribution in [1.82, 2.24) is 15.2 Å². The number of hydrogen-bond donors (Lipinski definition) is 1. The summed E-state index contributed by atoms with van der Waals surface area (Å²) < 4.78 is 0.982. The Bertz CT molecular complexity index is 1010. The first-order chi connectivity index (χ1) is 12.5. The first-order valence-electron chi connectivity index (χ1n) is 7.96. The van der Waals surface area contributed by atoms with Crippen molar-refractivity contribution in [2.45, 2.75) is 0 Å². The molecule has 0 aliphatic heterocycles. The van der Waals surface area contributed by atoms with Crippen LogP contribution in [0.25, 0.3) is 10.2 Å². The molecule has 0 radical (unpaired) electrons. The summed E-state index contributed by atoms with van der Waals surface area (Å²) in [6, 6.07) is 12.5. The van der Waals surface area contributed by atoms with Crippen LogP contribution in [0.2, 0.25) is 0 Å². The molecule has 0 atom stereocenters. The second-order valence-electron chi connectivity index (χ2n) is 5.80. The van der Waals surface area contributed by atoms with E-state index in [0.717, 1.165) is 15.8 Å². The maximum atomic E-state index is 12.2. The number of benzene rings is 2. The summed E-state index contributed by atoms with van der Waals surface area (Å²) >= 11 is 1.50. The smallest absolute Gasteiger partial charge is 0.253 e. The van der Waals surface area contributed by atoms with Gasteiger partial charge in [-0.1, -0.05) is 11.8 Å². The average Bonchev–Trinajstić information content (AvgIpc) is 3.12. The van der Waals surface area contributed by atoms with E-state index >= 15 is 0 Å². The Kier molecular flexibility index (Phi) is 5.30. The van der Waals surface area contributed by atoms with Crippen molar-refractivity contribution in [3.8, 4) is 11.8 Å². The van der Waals surface area contributed by atoms with Crippen molar-refractivity contribution in [3.05, 3.63) is 64.7 Å². The lowest BCUT2D eigenvalue weighted by atomic mass is 10.1. The van der Waals surface area contributed by atoms with E-state index in [0.29, 0.717) is 11.1 Å². The highest BCUT2D eigenvalue weighted by Gasteiger charge is 2.07. The number of rotatable bonds is 3. The van der Waals surface area contributed by atoms with Crippen LogP contribution in [0.3, 0.4) is 0 Å². The Hall–Kier alpha value is -3.17. The molecule has 1 aromatic heterocycles. The topological polar surface area (TPSA) is 62.3 Å². The van der Waals surface area contributed by atoms with Crippen LogP contribution in [0.15, 0.2) is 48.0 Å². The van der Waals surface area contributed by atoms with Gasteiger partial charge in [-0.15, -0.1) is 11.3 Å². The number of carbonyl (C=O) groups is 2. The van der Waals surface area contributed by atoms with Gasteiger partial charge in [0.15, 0.2) is 0 Å². The molecule has 26 heavy (non-hydrogen) atoms. The molecule has 0 saturated carbocycles. The van der Waals surface area contributed by atoms with Crippen LogP contribution in [0, 0.1) is 11.8 Å². The predicted octanol–water partition coefficient (Wildman–Crippen LogP) is 2.78. The van der Waals surface area contributed by atoms with Gasteiger partial charge in [-0.3, -0.25) is 9.59 Å². The summed E-state index contributed by atoms with van der Waals surface area (Å²) in [4.78, 5) is 29.7. The zero-order valence-electron chi connectivity index (χ0n) is 14.4. The maximum Gasteiger partial charge on any atom is 0.253 e. The first kappa shape index (κ1) is 17.6. The second-order valence-corrected chi connectivity index (χ2v) is 6.68. The number of hydrogen-bond acceptors (Lipinski definition) is 4. The lowest BCUT2D eigenvalue weighted by molar-refractivity contribution is 0.0827. The molecule has 3 aromatic rings. The standard InChI is InChI=1S/C20H17N3O2S/c1-23(2)20(25)15-7-5-14(6-8-15)4-3-11-21-19(24)16-9-10-17-18(12-16)26-13-22-17/h5-10,12-13H,11H2,1-2H3,(H,21,24). The fourth-order valence-electron chi connectivity index (χ4n) is 2.32. The van der Waals surface area contributed by atoms with Crippen molar-refractivity contribution in [2.75, 3.05) is 20.6 Å². The van der Waals surface area contributed by atoms with E-state index in [2.05, 4.69) is 22.1 Å². The lowest BCUT2D eigenvalue weighted by Crippen LogP contribution is -2.23. The van der Waals surface area contributed by atoms with Gasteiger partial charge in [-0.2, -0.15) is 0 Å². The summed E-state index contributed by atoms with van der Waals surface area (Å²) in [6.07, 6.45) is 0. The van der Waals surface area contributed by atoms with Crippen molar-refractivity contribution in [3.63, 3.8) is 0 Å². The molecule has 1 N–H and O–H groups in total. The zero-order chi connectivity index (χ0) is 18.5. The zero-order valence-corrected chi connectivity index (χ0v) is 15.3. The molecular weight excluding hydrogens is 346 g/mol. The molecule has 2 aromatic carbocycles. The van der Waals surface area contributed by atoms with Gasteiger partial charge in [0.1, 0.15) is 0 Å². The van der Waals surface area contributed by atoms with E-state index < -0.39 is 0 Å². The number of thiazole rings is 1. The average molecular weight is 363 g/mol. The van der Waals surface area contributed by atoms with E-state index in [1.54, 1.807) is 49.9 Å². The van der Waals surface area contributed by atoms with Gasteiger partial charge >= 0.3 is 0 Å². The molecule has 0 aliphatic carbocycles. The summed E-state index contributed by atoms with van der Waals surface area (Å²) in [6.45, 7) is 0.248. The number of carbonyl (C=O) groups excluding carboxylic acids is 2. The van der Waals surface area contributed by atoms with Crippen LogP contribution in [0.5, 0.6) is 0 Å². The number of aromatic nitrogens is 1. The van der Waals surface area contributed by atoms with Crippen molar-refractivity contribution in [1.29, 1.82) is 0 Å². The fraction of sp³-hybridized carbons (Fsp3) is 0.150. The van der Waals surface area contributed by atoms with Crippen molar-refractivity contribution in [2.24, 2.45) is 0 Å². The molecule has 3 rings (SSSR count). The van der Waals surface area contributed by atoms with Gasteiger partial charge < -0.3 is 10.2 Å². The minimum absolute atomic E-state index is 0.0466. The summed E-state index contributed by atoms with van der Waals surface area (Å²) in [5.41, 5.74) is 4.65. The Labute approximate surface area is 155 Å². The first-order valence-corrected chi connectivity index (χ1v) is 8.84. The number of amides is 2. The third-order valence-electron chi connectivity index (χ3n) is 3.70. The van der Waals surface area contributed by atoms with Gasteiger partial charge in [-0.05, 0) is 42.5 Å². The van der Waals surface area contributed by atoms with E-state index in [9.17, 15) is 9.59 Å². The molecule has 6 heteroatoms. The van der Waals surface area contributed by atoms with Gasteiger partial charge in [0, 0.05) is 30.8 Å². The van der Waals surface area contributed by atoms with Crippen LogP contribution in [-0.4, -0.2) is 42.3 Å². The molecule has 0 unspecified atom stereocenters. The second kappa shape index (κ2) is 7.81. The van der Waals surface area contributed by atoms with Crippen LogP contribution in [0.1, 0.15) is 26.3 Å². The number of nitrogens with zero attached hydrogens (tertiary/aromatic N) is 2. The monoisotopic (exact) mass is 363 g/mol. The number of fused-ring (bicyclic) bond motifs is 1. The Morgan fingerprint density at radius 1 is 1.12 bits per heavy atom. The van der Waals surface area contributed by atoms with Crippen molar-refractivity contribution >= 4 is 33.4 Å². The summed E-state index contributed by atoms with van der Waals surface area (Å²) in [5, 5.41) is 2.78. The van der Waals surface area contributed by atoms with Gasteiger partial charge in [0.05, 0.1) is 22.3 Å². The molecule has 0 aliphatic rings. The molecule has 1 heterocycles.